The second-order valence-corrected chi connectivity index (χ2v) is 7.00. The van der Waals surface area contributed by atoms with E-state index in [4.69, 9.17) is 4.74 Å². The number of aliphatic carboxylic acids is 1. The molecule has 3 N–H and O–H groups in total. The highest BCUT2D eigenvalue weighted by atomic mass is 16.5. The van der Waals surface area contributed by atoms with E-state index < -0.39 is 11.9 Å². The zero-order valence-corrected chi connectivity index (χ0v) is 14.6. The third kappa shape index (κ3) is 3.77. The molecule has 4 atom stereocenters. The third-order valence-electron chi connectivity index (χ3n) is 5.09. The van der Waals surface area contributed by atoms with Gasteiger partial charge in [-0.05, 0) is 30.0 Å². The van der Waals surface area contributed by atoms with Crippen LogP contribution in [0.2, 0.25) is 0 Å². The Morgan fingerprint density at radius 3 is 2.60 bits per heavy atom. The largest absolute Gasteiger partial charge is 0.497 e. The number of ether oxygens (including phenoxy) is 1. The average Bonchev–Trinajstić information content (AvgIpc) is 3.10. The first kappa shape index (κ1) is 17.7. The molecule has 7 heteroatoms. The molecule has 2 fully saturated rings. The van der Waals surface area contributed by atoms with Crippen molar-refractivity contribution in [1.29, 1.82) is 0 Å². The molecule has 136 valence electrons. The predicted octanol–water partition coefficient (Wildman–Crippen LogP) is 1.03. The summed E-state index contributed by atoms with van der Waals surface area (Å²) >= 11 is 0. The van der Waals surface area contributed by atoms with E-state index in [-0.39, 0.29) is 23.8 Å². The van der Waals surface area contributed by atoms with Gasteiger partial charge in [-0.15, -0.1) is 0 Å². The van der Waals surface area contributed by atoms with Gasteiger partial charge >= 0.3 is 5.97 Å². The van der Waals surface area contributed by atoms with Crippen LogP contribution in [-0.4, -0.2) is 48.6 Å². The summed E-state index contributed by atoms with van der Waals surface area (Å²) in [5, 5.41) is 9.33. The van der Waals surface area contributed by atoms with Gasteiger partial charge in [-0.1, -0.05) is 19.1 Å². The quantitative estimate of drug-likeness (QED) is 0.754. The molecular weight excluding hydrogens is 322 g/mol. The van der Waals surface area contributed by atoms with E-state index in [0.717, 1.165) is 11.3 Å². The fourth-order valence-corrected chi connectivity index (χ4v) is 3.80. The maximum Gasteiger partial charge on any atom is 0.308 e. The van der Waals surface area contributed by atoms with E-state index in [1.165, 1.54) is 0 Å². The standard InChI is InChI=1S/C18H25N3O4/c1-11-7-13(18(23)24)10-21(9-11)17(22)15-8-19-20-16(15)12-3-5-14(25-2)6-4-12/h3-6,11,13,15-16,19-20H,7-10H2,1-2H3,(H,23,24). The molecule has 0 aliphatic carbocycles. The summed E-state index contributed by atoms with van der Waals surface area (Å²) in [7, 11) is 1.62. The predicted molar refractivity (Wildman–Crippen MR) is 91.9 cm³/mol. The first-order chi connectivity index (χ1) is 12.0. The van der Waals surface area contributed by atoms with E-state index in [2.05, 4.69) is 10.9 Å². The van der Waals surface area contributed by atoms with E-state index in [1.807, 2.05) is 31.2 Å². The first-order valence-electron chi connectivity index (χ1n) is 8.63. The maximum atomic E-state index is 13.0. The van der Waals surface area contributed by atoms with Gasteiger partial charge in [0.15, 0.2) is 0 Å². The summed E-state index contributed by atoms with van der Waals surface area (Å²) in [5.41, 5.74) is 7.24. The molecule has 0 saturated carbocycles. The Hall–Kier alpha value is -2.12. The van der Waals surface area contributed by atoms with Gasteiger partial charge in [0.25, 0.3) is 0 Å². The summed E-state index contributed by atoms with van der Waals surface area (Å²) in [4.78, 5) is 26.1. The van der Waals surface area contributed by atoms with Crippen LogP contribution in [0.25, 0.3) is 0 Å². The van der Waals surface area contributed by atoms with Crippen molar-refractivity contribution in [2.45, 2.75) is 19.4 Å². The van der Waals surface area contributed by atoms with Crippen LogP contribution in [0.3, 0.4) is 0 Å². The Labute approximate surface area is 147 Å². The number of hydrogen-bond acceptors (Lipinski definition) is 5. The highest BCUT2D eigenvalue weighted by Crippen LogP contribution is 2.30. The van der Waals surface area contributed by atoms with Crippen molar-refractivity contribution in [1.82, 2.24) is 15.8 Å². The highest BCUT2D eigenvalue weighted by Gasteiger charge is 2.40. The SMILES string of the molecule is COc1ccc(C2NNCC2C(=O)N2CC(C)CC(C(=O)O)C2)cc1. The molecule has 0 aromatic heterocycles. The normalized spacial score (nSPS) is 29.4. The van der Waals surface area contributed by atoms with E-state index >= 15 is 0 Å². The molecule has 2 saturated heterocycles. The van der Waals surface area contributed by atoms with Crippen molar-refractivity contribution in [3.8, 4) is 5.75 Å². The number of nitrogens with one attached hydrogen (secondary N) is 2. The molecule has 0 bridgehead atoms. The summed E-state index contributed by atoms with van der Waals surface area (Å²) in [6.07, 6.45) is 0.627. The lowest BCUT2D eigenvalue weighted by molar-refractivity contribution is -0.148. The smallest absolute Gasteiger partial charge is 0.308 e. The van der Waals surface area contributed by atoms with Gasteiger partial charge in [0, 0.05) is 19.6 Å². The Morgan fingerprint density at radius 1 is 1.24 bits per heavy atom. The minimum absolute atomic E-state index is 0.0103. The maximum absolute atomic E-state index is 13.0. The van der Waals surface area contributed by atoms with Gasteiger partial charge < -0.3 is 14.7 Å². The first-order valence-corrected chi connectivity index (χ1v) is 8.63. The number of hydrazine groups is 1. The lowest BCUT2D eigenvalue weighted by atomic mass is 9.88. The second-order valence-electron chi connectivity index (χ2n) is 7.00. The molecule has 25 heavy (non-hydrogen) atoms. The summed E-state index contributed by atoms with van der Waals surface area (Å²) in [6.45, 7) is 3.44. The van der Waals surface area contributed by atoms with Crippen molar-refractivity contribution in [2.75, 3.05) is 26.7 Å². The zero-order valence-electron chi connectivity index (χ0n) is 14.6. The molecule has 0 radical (unpaired) electrons. The van der Waals surface area contributed by atoms with Crippen molar-refractivity contribution in [3.63, 3.8) is 0 Å². The lowest BCUT2D eigenvalue weighted by Crippen LogP contribution is -2.48. The fraction of sp³-hybridized carbons (Fsp3) is 0.556. The molecule has 1 aromatic carbocycles. The van der Waals surface area contributed by atoms with Gasteiger partial charge in [0.1, 0.15) is 5.75 Å². The van der Waals surface area contributed by atoms with Crippen LogP contribution in [0.4, 0.5) is 0 Å². The topological polar surface area (TPSA) is 90.9 Å². The number of amides is 1. The molecule has 2 aliphatic heterocycles. The third-order valence-corrected chi connectivity index (χ3v) is 5.09. The van der Waals surface area contributed by atoms with Gasteiger partial charge in [0.2, 0.25) is 5.91 Å². The monoisotopic (exact) mass is 347 g/mol. The van der Waals surface area contributed by atoms with E-state index in [1.54, 1.807) is 12.0 Å². The summed E-state index contributed by atoms with van der Waals surface area (Å²) in [5.74, 6) is -0.579. The highest BCUT2D eigenvalue weighted by molar-refractivity contribution is 5.81. The summed E-state index contributed by atoms with van der Waals surface area (Å²) in [6, 6.07) is 7.50. The fourth-order valence-electron chi connectivity index (χ4n) is 3.80. The van der Waals surface area contributed by atoms with Crippen LogP contribution in [0.5, 0.6) is 5.75 Å². The van der Waals surface area contributed by atoms with Crippen LogP contribution in [0.15, 0.2) is 24.3 Å². The Balaban J connectivity index is 1.74. The number of piperidine rings is 1. The van der Waals surface area contributed by atoms with Crippen LogP contribution >= 0.6 is 0 Å². The number of benzene rings is 1. The van der Waals surface area contributed by atoms with Crippen molar-refractivity contribution < 1.29 is 19.4 Å². The van der Waals surface area contributed by atoms with E-state index in [0.29, 0.717) is 26.1 Å². The van der Waals surface area contributed by atoms with Gasteiger partial charge in [0.05, 0.1) is 25.0 Å². The van der Waals surface area contributed by atoms with Crippen LogP contribution < -0.4 is 15.6 Å². The molecule has 1 aromatic rings. The Kier molecular flexibility index (Phi) is 5.24. The lowest BCUT2D eigenvalue weighted by Gasteiger charge is -2.36. The molecule has 2 aliphatic rings. The molecule has 2 heterocycles. The zero-order chi connectivity index (χ0) is 18.0. The van der Waals surface area contributed by atoms with Gasteiger partial charge in [-0.25, -0.2) is 5.43 Å². The van der Waals surface area contributed by atoms with E-state index in [9.17, 15) is 14.7 Å². The number of likely N-dealkylation sites (tertiary alicyclic amines) is 1. The van der Waals surface area contributed by atoms with Crippen LogP contribution in [0.1, 0.15) is 24.9 Å². The number of nitrogens with zero attached hydrogens (tertiary/aromatic N) is 1. The molecule has 1 amide bonds. The average molecular weight is 347 g/mol. The molecular formula is C18H25N3O4. The van der Waals surface area contributed by atoms with Crippen molar-refractivity contribution in [2.24, 2.45) is 17.8 Å². The molecule has 7 nitrogen and oxygen atoms in total. The number of hydrogen-bond donors (Lipinski definition) is 3. The second kappa shape index (κ2) is 7.41. The Morgan fingerprint density at radius 2 is 1.96 bits per heavy atom. The molecule has 4 unspecified atom stereocenters. The minimum atomic E-state index is -0.821. The van der Waals surface area contributed by atoms with Gasteiger partial charge in [-0.3, -0.25) is 15.0 Å². The summed E-state index contributed by atoms with van der Waals surface area (Å²) < 4.78 is 5.18. The number of carboxylic acids is 1. The van der Waals surface area contributed by atoms with Gasteiger partial charge in [-0.2, -0.15) is 0 Å². The number of methoxy groups -OCH3 is 1. The number of rotatable bonds is 4. The molecule has 0 spiro atoms. The number of carboxylic acid groups (broad SMARTS) is 1. The minimum Gasteiger partial charge on any atom is -0.497 e. The van der Waals surface area contributed by atoms with Crippen LogP contribution in [-0.2, 0) is 9.59 Å². The van der Waals surface area contributed by atoms with Crippen molar-refractivity contribution in [3.05, 3.63) is 29.8 Å². The number of carbonyl (C=O) groups excluding carboxylic acids is 1. The molecule has 3 rings (SSSR count). The number of carbonyl (C=O) groups is 2. The van der Waals surface area contributed by atoms with Crippen LogP contribution in [0, 0.1) is 17.8 Å². The van der Waals surface area contributed by atoms with Crippen molar-refractivity contribution >= 4 is 11.9 Å². The Bertz CT molecular complexity index is 634.